The van der Waals surface area contributed by atoms with Crippen molar-refractivity contribution < 1.29 is 14.3 Å². The van der Waals surface area contributed by atoms with Gasteiger partial charge in [0.2, 0.25) is 5.91 Å². The van der Waals surface area contributed by atoms with E-state index in [4.69, 9.17) is 4.74 Å². The van der Waals surface area contributed by atoms with Crippen LogP contribution in [-0.4, -0.2) is 31.2 Å². The van der Waals surface area contributed by atoms with Gasteiger partial charge in [0.05, 0.1) is 6.61 Å². The van der Waals surface area contributed by atoms with E-state index in [1.807, 2.05) is 27.7 Å². The Morgan fingerprint density at radius 1 is 1.25 bits per heavy atom. The number of hydrogen-bond donors (Lipinski definition) is 2. The summed E-state index contributed by atoms with van der Waals surface area (Å²) < 4.78 is 4.86. The molecule has 0 aromatic heterocycles. The standard InChI is InChI=1S/C11H22N2O3/c1-5-9(4)13-10(14)6-12-11(15)16-7-8(2)3/h8-9H,5-7H2,1-4H3,(H,12,15)(H,13,14)/t9-/m0/s1. The van der Waals surface area contributed by atoms with Crippen molar-refractivity contribution in [2.75, 3.05) is 13.2 Å². The van der Waals surface area contributed by atoms with E-state index in [-0.39, 0.29) is 18.5 Å². The monoisotopic (exact) mass is 230 g/mol. The molecule has 0 aliphatic heterocycles. The molecule has 1 atom stereocenters. The number of amides is 2. The molecule has 2 amide bonds. The molecule has 0 aliphatic rings. The second kappa shape index (κ2) is 7.96. The van der Waals surface area contributed by atoms with Crippen LogP contribution in [-0.2, 0) is 9.53 Å². The molecular formula is C11H22N2O3. The number of nitrogens with one attached hydrogen (secondary N) is 2. The Kier molecular flexibility index (Phi) is 7.33. The molecule has 0 radical (unpaired) electrons. The van der Waals surface area contributed by atoms with Gasteiger partial charge in [-0.25, -0.2) is 4.79 Å². The van der Waals surface area contributed by atoms with Gasteiger partial charge in [0.1, 0.15) is 6.54 Å². The van der Waals surface area contributed by atoms with Gasteiger partial charge in [-0.05, 0) is 19.3 Å². The number of carbonyl (C=O) groups is 2. The third-order valence-electron chi connectivity index (χ3n) is 1.96. The number of carbonyl (C=O) groups excluding carboxylic acids is 2. The van der Waals surface area contributed by atoms with Crippen LogP contribution in [0.15, 0.2) is 0 Å². The van der Waals surface area contributed by atoms with Crippen LogP contribution in [0.3, 0.4) is 0 Å². The SMILES string of the molecule is CC[C@H](C)NC(=O)CNC(=O)OCC(C)C. The van der Waals surface area contributed by atoms with Crippen LogP contribution in [0.1, 0.15) is 34.1 Å². The molecule has 16 heavy (non-hydrogen) atoms. The number of hydrogen-bond acceptors (Lipinski definition) is 3. The average Bonchev–Trinajstić information content (AvgIpc) is 2.23. The predicted octanol–water partition coefficient (Wildman–Crippen LogP) is 1.28. The molecule has 0 aliphatic carbocycles. The Morgan fingerprint density at radius 2 is 1.88 bits per heavy atom. The van der Waals surface area contributed by atoms with Crippen LogP contribution in [0, 0.1) is 5.92 Å². The lowest BCUT2D eigenvalue weighted by Gasteiger charge is -2.12. The van der Waals surface area contributed by atoms with Gasteiger partial charge in [-0.2, -0.15) is 0 Å². The van der Waals surface area contributed by atoms with Crippen molar-refractivity contribution >= 4 is 12.0 Å². The fraction of sp³-hybridized carbons (Fsp3) is 0.818. The lowest BCUT2D eigenvalue weighted by Crippen LogP contribution is -2.40. The van der Waals surface area contributed by atoms with Crippen LogP contribution >= 0.6 is 0 Å². The zero-order valence-corrected chi connectivity index (χ0v) is 10.5. The minimum Gasteiger partial charge on any atom is -0.449 e. The zero-order valence-electron chi connectivity index (χ0n) is 10.5. The molecule has 0 bridgehead atoms. The van der Waals surface area contributed by atoms with E-state index in [1.54, 1.807) is 0 Å². The third-order valence-corrected chi connectivity index (χ3v) is 1.96. The largest absolute Gasteiger partial charge is 0.449 e. The molecular weight excluding hydrogens is 208 g/mol. The molecule has 5 nitrogen and oxygen atoms in total. The topological polar surface area (TPSA) is 67.4 Å². The van der Waals surface area contributed by atoms with Gasteiger partial charge in [-0.15, -0.1) is 0 Å². The number of ether oxygens (including phenoxy) is 1. The summed E-state index contributed by atoms with van der Waals surface area (Å²) in [4.78, 5) is 22.4. The van der Waals surface area contributed by atoms with Gasteiger partial charge >= 0.3 is 6.09 Å². The first kappa shape index (κ1) is 14.7. The molecule has 0 spiro atoms. The molecule has 0 heterocycles. The summed E-state index contributed by atoms with van der Waals surface area (Å²) in [5, 5.41) is 5.13. The van der Waals surface area contributed by atoms with E-state index >= 15 is 0 Å². The van der Waals surface area contributed by atoms with Crippen LogP contribution in [0.2, 0.25) is 0 Å². The van der Waals surface area contributed by atoms with E-state index < -0.39 is 6.09 Å². The minimum atomic E-state index is -0.548. The molecule has 0 aromatic carbocycles. The van der Waals surface area contributed by atoms with Crippen molar-refractivity contribution in [1.29, 1.82) is 0 Å². The van der Waals surface area contributed by atoms with E-state index in [2.05, 4.69) is 10.6 Å². The number of alkyl carbamates (subject to hydrolysis) is 1. The van der Waals surface area contributed by atoms with E-state index in [1.165, 1.54) is 0 Å². The summed E-state index contributed by atoms with van der Waals surface area (Å²) in [6.07, 6.45) is 0.316. The fourth-order valence-electron chi connectivity index (χ4n) is 0.874. The van der Waals surface area contributed by atoms with Crippen molar-refractivity contribution in [1.82, 2.24) is 10.6 Å². The molecule has 94 valence electrons. The van der Waals surface area contributed by atoms with Crippen LogP contribution in [0.4, 0.5) is 4.79 Å². The van der Waals surface area contributed by atoms with Crippen molar-refractivity contribution in [3.8, 4) is 0 Å². The van der Waals surface area contributed by atoms with Crippen molar-refractivity contribution in [3.05, 3.63) is 0 Å². The van der Waals surface area contributed by atoms with Gasteiger partial charge in [0.25, 0.3) is 0 Å². The highest BCUT2D eigenvalue weighted by molar-refractivity contribution is 5.82. The lowest BCUT2D eigenvalue weighted by atomic mass is 10.2. The normalized spacial score (nSPS) is 12.1. The highest BCUT2D eigenvalue weighted by Crippen LogP contribution is 1.92. The first-order chi connectivity index (χ1) is 7.45. The van der Waals surface area contributed by atoms with Gasteiger partial charge in [0, 0.05) is 6.04 Å². The molecule has 0 saturated heterocycles. The van der Waals surface area contributed by atoms with Crippen molar-refractivity contribution in [3.63, 3.8) is 0 Å². The smallest absolute Gasteiger partial charge is 0.407 e. The second-order valence-corrected chi connectivity index (χ2v) is 4.22. The number of rotatable bonds is 6. The lowest BCUT2D eigenvalue weighted by molar-refractivity contribution is -0.120. The Hall–Kier alpha value is -1.26. The van der Waals surface area contributed by atoms with Gasteiger partial charge in [-0.1, -0.05) is 20.8 Å². The van der Waals surface area contributed by atoms with Crippen molar-refractivity contribution in [2.24, 2.45) is 5.92 Å². The molecule has 5 heteroatoms. The Labute approximate surface area is 96.9 Å². The Balaban J connectivity index is 3.63. The maximum Gasteiger partial charge on any atom is 0.407 e. The van der Waals surface area contributed by atoms with Gasteiger partial charge in [0.15, 0.2) is 0 Å². The highest BCUT2D eigenvalue weighted by Gasteiger charge is 2.08. The summed E-state index contributed by atoms with van der Waals surface area (Å²) in [5.41, 5.74) is 0. The molecule has 0 rings (SSSR count). The van der Waals surface area contributed by atoms with Crippen LogP contribution in [0.5, 0.6) is 0 Å². The van der Waals surface area contributed by atoms with Crippen LogP contribution in [0.25, 0.3) is 0 Å². The molecule has 0 unspecified atom stereocenters. The van der Waals surface area contributed by atoms with Gasteiger partial charge in [-0.3, -0.25) is 4.79 Å². The molecule has 0 fully saturated rings. The third kappa shape index (κ3) is 8.08. The summed E-state index contributed by atoms with van der Waals surface area (Å²) in [5.74, 6) is 0.0931. The highest BCUT2D eigenvalue weighted by atomic mass is 16.5. The van der Waals surface area contributed by atoms with Crippen LogP contribution < -0.4 is 10.6 Å². The first-order valence-electron chi connectivity index (χ1n) is 5.65. The molecule has 0 aromatic rings. The second-order valence-electron chi connectivity index (χ2n) is 4.22. The molecule has 0 saturated carbocycles. The summed E-state index contributed by atoms with van der Waals surface area (Å²) in [7, 11) is 0. The van der Waals surface area contributed by atoms with E-state index in [9.17, 15) is 9.59 Å². The minimum absolute atomic E-state index is 0.0404. The maximum absolute atomic E-state index is 11.3. The van der Waals surface area contributed by atoms with Crippen molar-refractivity contribution in [2.45, 2.75) is 40.2 Å². The Bertz CT molecular complexity index is 229. The van der Waals surface area contributed by atoms with Gasteiger partial charge < -0.3 is 15.4 Å². The summed E-state index contributed by atoms with van der Waals surface area (Å²) in [6, 6.07) is 0.126. The summed E-state index contributed by atoms with van der Waals surface area (Å²) in [6.45, 7) is 8.11. The van der Waals surface area contributed by atoms with E-state index in [0.29, 0.717) is 12.5 Å². The quantitative estimate of drug-likeness (QED) is 0.722. The first-order valence-corrected chi connectivity index (χ1v) is 5.65. The predicted molar refractivity (Wildman–Crippen MR) is 62.1 cm³/mol. The summed E-state index contributed by atoms with van der Waals surface area (Å²) >= 11 is 0. The van der Waals surface area contributed by atoms with E-state index in [0.717, 1.165) is 6.42 Å². The Morgan fingerprint density at radius 3 is 2.38 bits per heavy atom. The maximum atomic E-state index is 11.3. The molecule has 2 N–H and O–H groups in total. The zero-order chi connectivity index (χ0) is 12.6. The fourth-order valence-corrected chi connectivity index (χ4v) is 0.874. The average molecular weight is 230 g/mol.